The molecule has 0 aromatic carbocycles. The first-order valence-corrected chi connectivity index (χ1v) is 3.96. The van der Waals surface area contributed by atoms with Gasteiger partial charge >= 0.3 is 6.01 Å². The molecular weight excluding hydrogens is 152 g/mol. The second-order valence-corrected chi connectivity index (χ2v) is 3.70. The molecule has 0 aliphatic carbocycles. The van der Waals surface area contributed by atoms with Gasteiger partial charge in [0.1, 0.15) is 5.60 Å². The van der Waals surface area contributed by atoms with Crippen LogP contribution < -0.4 is 4.74 Å². The Bertz CT molecular complexity index is 265. The molecule has 12 heavy (non-hydrogen) atoms. The van der Waals surface area contributed by atoms with Gasteiger partial charge < -0.3 is 4.74 Å². The number of aromatic nitrogens is 2. The van der Waals surface area contributed by atoms with Gasteiger partial charge in [0.25, 0.3) is 0 Å². The number of hydrogen-bond donors (Lipinski definition) is 0. The summed E-state index contributed by atoms with van der Waals surface area (Å²) in [7, 11) is 0. The molecule has 0 N–H and O–H groups in total. The van der Waals surface area contributed by atoms with E-state index in [4.69, 9.17) is 4.74 Å². The molecule has 0 amide bonds. The Balaban J connectivity index is 2.77. The van der Waals surface area contributed by atoms with Crippen molar-refractivity contribution in [2.75, 3.05) is 0 Å². The van der Waals surface area contributed by atoms with Crippen LogP contribution in [0, 0.1) is 6.92 Å². The molecule has 0 saturated heterocycles. The quantitative estimate of drug-likeness (QED) is 0.639. The van der Waals surface area contributed by atoms with Crippen LogP contribution in [-0.4, -0.2) is 15.6 Å². The third kappa shape index (κ3) is 2.86. The number of aryl methyl sites for hydroxylation is 1. The molecular formula is C9H14N2O. The van der Waals surface area contributed by atoms with Crippen LogP contribution in [0.3, 0.4) is 0 Å². The molecule has 0 aliphatic rings. The zero-order valence-corrected chi connectivity index (χ0v) is 7.96. The summed E-state index contributed by atoms with van der Waals surface area (Å²) >= 11 is 0. The molecule has 1 aromatic rings. The molecule has 0 fully saturated rings. The van der Waals surface area contributed by atoms with Gasteiger partial charge in [0, 0.05) is 11.9 Å². The summed E-state index contributed by atoms with van der Waals surface area (Å²) in [6.07, 6.45) is 1.70. The lowest BCUT2D eigenvalue weighted by atomic mass is 10.2. The van der Waals surface area contributed by atoms with Crippen LogP contribution in [0.1, 0.15) is 26.5 Å². The Morgan fingerprint density at radius 3 is 2.50 bits per heavy atom. The first-order chi connectivity index (χ1) is 5.47. The van der Waals surface area contributed by atoms with Crippen molar-refractivity contribution < 1.29 is 4.74 Å². The lowest BCUT2D eigenvalue weighted by Crippen LogP contribution is -2.24. The highest BCUT2D eigenvalue weighted by Crippen LogP contribution is 2.11. The Kier molecular flexibility index (Phi) is 2.31. The van der Waals surface area contributed by atoms with Crippen LogP contribution in [-0.2, 0) is 0 Å². The predicted molar refractivity (Wildman–Crippen MR) is 47.2 cm³/mol. The highest BCUT2D eigenvalue weighted by molar-refractivity contribution is 5.03. The summed E-state index contributed by atoms with van der Waals surface area (Å²) in [5.74, 6) is 0. The normalized spacial score (nSPS) is 11.3. The van der Waals surface area contributed by atoms with Crippen LogP contribution >= 0.6 is 0 Å². The minimum absolute atomic E-state index is 0.228. The van der Waals surface area contributed by atoms with Crippen LogP contribution in [0.5, 0.6) is 6.01 Å². The summed E-state index contributed by atoms with van der Waals surface area (Å²) in [6.45, 7) is 7.83. The zero-order chi connectivity index (χ0) is 9.19. The minimum Gasteiger partial charge on any atom is -0.458 e. The number of nitrogens with zero attached hydrogens (tertiary/aromatic N) is 2. The van der Waals surface area contributed by atoms with Crippen LogP contribution in [0.15, 0.2) is 12.3 Å². The minimum atomic E-state index is -0.228. The summed E-state index contributed by atoms with van der Waals surface area (Å²) in [5.41, 5.74) is 0.692. The second kappa shape index (κ2) is 3.09. The van der Waals surface area contributed by atoms with E-state index in [2.05, 4.69) is 9.97 Å². The lowest BCUT2D eigenvalue weighted by Gasteiger charge is -2.19. The van der Waals surface area contributed by atoms with Crippen molar-refractivity contribution >= 4 is 0 Å². The average molecular weight is 166 g/mol. The molecule has 66 valence electrons. The molecule has 3 nitrogen and oxygen atoms in total. The Morgan fingerprint density at radius 2 is 2.00 bits per heavy atom. The SMILES string of the molecule is Cc1ccnc(OC(C)(C)C)n1. The molecule has 0 spiro atoms. The molecule has 0 aliphatic heterocycles. The lowest BCUT2D eigenvalue weighted by molar-refractivity contribution is 0.116. The van der Waals surface area contributed by atoms with Gasteiger partial charge in [0.15, 0.2) is 0 Å². The van der Waals surface area contributed by atoms with Crippen molar-refractivity contribution in [2.24, 2.45) is 0 Å². The molecule has 0 atom stereocenters. The van der Waals surface area contributed by atoms with Crippen molar-refractivity contribution in [3.8, 4) is 6.01 Å². The number of rotatable bonds is 1. The van der Waals surface area contributed by atoms with E-state index in [0.29, 0.717) is 6.01 Å². The van der Waals surface area contributed by atoms with Gasteiger partial charge in [0.05, 0.1) is 0 Å². The van der Waals surface area contributed by atoms with Gasteiger partial charge in [0.2, 0.25) is 0 Å². The monoisotopic (exact) mass is 166 g/mol. The van der Waals surface area contributed by atoms with E-state index in [-0.39, 0.29) is 5.60 Å². The van der Waals surface area contributed by atoms with Gasteiger partial charge in [-0.25, -0.2) is 9.97 Å². The molecule has 3 heteroatoms. The molecule has 0 saturated carbocycles. The fourth-order valence-electron chi connectivity index (χ4n) is 0.749. The van der Waals surface area contributed by atoms with Crippen molar-refractivity contribution in [3.05, 3.63) is 18.0 Å². The van der Waals surface area contributed by atoms with E-state index in [0.717, 1.165) is 5.69 Å². The molecule has 0 unspecified atom stereocenters. The van der Waals surface area contributed by atoms with Gasteiger partial charge in [-0.15, -0.1) is 0 Å². The van der Waals surface area contributed by atoms with E-state index in [1.807, 2.05) is 33.8 Å². The molecule has 0 radical (unpaired) electrons. The van der Waals surface area contributed by atoms with Crippen LogP contribution in [0.25, 0.3) is 0 Å². The Labute approximate surface area is 72.8 Å². The number of hydrogen-bond acceptors (Lipinski definition) is 3. The Hall–Kier alpha value is -1.12. The highest BCUT2D eigenvalue weighted by Gasteiger charge is 2.13. The highest BCUT2D eigenvalue weighted by atomic mass is 16.5. The van der Waals surface area contributed by atoms with E-state index >= 15 is 0 Å². The zero-order valence-electron chi connectivity index (χ0n) is 7.96. The maximum atomic E-state index is 5.46. The average Bonchev–Trinajstić information content (AvgIpc) is 1.82. The van der Waals surface area contributed by atoms with Crippen LogP contribution in [0.2, 0.25) is 0 Å². The van der Waals surface area contributed by atoms with Gasteiger partial charge in [-0.3, -0.25) is 0 Å². The number of ether oxygens (including phenoxy) is 1. The maximum absolute atomic E-state index is 5.46. The molecule has 1 rings (SSSR count). The molecule has 0 bridgehead atoms. The first kappa shape index (κ1) is 8.97. The topological polar surface area (TPSA) is 35.0 Å². The summed E-state index contributed by atoms with van der Waals surface area (Å²) < 4.78 is 5.46. The third-order valence-electron chi connectivity index (χ3n) is 1.17. The van der Waals surface area contributed by atoms with Gasteiger partial charge in [-0.1, -0.05) is 0 Å². The van der Waals surface area contributed by atoms with Crippen molar-refractivity contribution in [3.63, 3.8) is 0 Å². The van der Waals surface area contributed by atoms with Gasteiger partial charge in [-0.2, -0.15) is 0 Å². The smallest absolute Gasteiger partial charge is 0.317 e. The van der Waals surface area contributed by atoms with Crippen molar-refractivity contribution in [2.45, 2.75) is 33.3 Å². The maximum Gasteiger partial charge on any atom is 0.317 e. The largest absolute Gasteiger partial charge is 0.458 e. The second-order valence-electron chi connectivity index (χ2n) is 3.70. The fourth-order valence-corrected chi connectivity index (χ4v) is 0.749. The van der Waals surface area contributed by atoms with E-state index in [1.54, 1.807) is 6.20 Å². The summed E-state index contributed by atoms with van der Waals surface area (Å²) in [4.78, 5) is 8.12. The summed E-state index contributed by atoms with van der Waals surface area (Å²) in [6, 6.07) is 2.29. The predicted octanol–water partition coefficient (Wildman–Crippen LogP) is 1.96. The Morgan fingerprint density at radius 1 is 1.33 bits per heavy atom. The first-order valence-electron chi connectivity index (χ1n) is 3.96. The van der Waals surface area contributed by atoms with Crippen LogP contribution in [0.4, 0.5) is 0 Å². The molecule has 1 heterocycles. The summed E-state index contributed by atoms with van der Waals surface area (Å²) in [5, 5.41) is 0. The van der Waals surface area contributed by atoms with Crippen molar-refractivity contribution in [1.82, 2.24) is 9.97 Å². The molecule has 1 aromatic heterocycles. The van der Waals surface area contributed by atoms with E-state index < -0.39 is 0 Å². The van der Waals surface area contributed by atoms with Crippen molar-refractivity contribution in [1.29, 1.82) is 0 Å². The fraction of sp³-hybridized carbons (Fsp3) is 0.556. The third-order valence-corrected chi connectivity index (χ3v) is 1.17. The van der Waals surface area contributed by atoms with E-state index in [9.17, 15) is 0 Å². The standard InChI is InChI=1S/C9H14N2O/c1-7-5-6-10-8(11-7)12-9(2,3)4/h5-6H,1-4H3. The van der Waals surface area contributed by atoms with E-state index in [1.165, 1.54) is 0 Å². The van der Waals surface area contributed by atoms with Gasteiger partial charge in [-0.05, 0) is 33.8 Å².